The van der Waals surface area contributed by atoms with Gasteiger partial charge in [0.25, 0.3) is 5.91 Å². The van der Waals surface area contributed by atoms with Crippen LogP contribution in [0, 0.1) is 11.6 Å². The van der Waals surface area contributed by atoms with Crippen LogP contribution in [0.3, 0.4) is 0 Å². The van der Waals surface area contributed by atoms with E-state index in [1.54, 1.807) is 30.3 Å². The van der Waals surface area contributed by atoms with Gasteiger partial charge in [0.05, 0.1) is 16.3 Å². The van der Waals surface area contributed by atoms with Gasteiger partial charge in [-0.3, -0.25) is 4.79 Å². The Morgan fingerprint density at radius 2 is 1.70 bits per heavy atom. The van der Waals surface area contributed by atoms with Crippen LogP contribution in [0.5, 0.6) is 0 Å². The minimum atomic E-state index is -4.07. The van der Waals surface area contributed by atoms with E-state index in [2.05, 4.69) is 10.0 Å². The van der Waals surface area contributed by atoms with Crippen molar-refractivity contribution in [3.8, 4) is 0 Å². The second-order valence-corrected chi connectivity index (χ2v) is 8.85. The summed E-state index contributed by atoms with van der Waals surface area (Å²) in [5, 5.41) is 1.96. The predicted molar refractivity (Wildman–Crippen MR) is 117 cm³/mol. The predicted octanol–water partition coefficient (Wildman–Crippen LogP) is 3.89. The van der Waals surface area contributed by atoms with Crippen LogP contribution in [0.1, 0.15) is 15.9 Å². The molecule has 3 aromatic carbocycles. The van der Waals surface area contributed by atoms with Crippen molar-refractivity contribution in [3.05, 3.63) is 94.5 Å². The van der Waals surface area contributed by atoms with Gasteiger partial charge < -0.3 is 10.1 Å². The number of hydrogen-bond acceptors (Lipinski definition) is 5. The largest absolute Gasteiger partial charge is 0.452 e. The van der Waals surface area contributed by atoms with Crippen LogP contribution in [0.25, 0.3) is 0 Å². The molecule has 2 N–H and O–H groups in total. The van der Waals surface area contributed by atoms with Crippen LogP contribution in [-0.4, -0.2) is 26.9 Å². The molecule has 0 spiro atoms. The molecule has 0 radical (unpaired) electrons. The Labute approximate surface area is 193 Å². The van der Waals surface area contributed by atoms with Crippen molar-refractivity contribution in [2.45, 2.75) is 11.4 Å². The van der Waals surface area contributed by atoms with Gasteiger partial charge in [0.15, 0.2) is 6.61 Å². The number of esters is 1. The Morgan fingerprint density at radius 3 is 2.42 bits per heavy atom. The van der Waals surface area contributed by atoms with Crippen LogP contribution in [0.15, 0.2) is 71.6 Å². The number of benzene rings is 3. The molecule has 0 aromatic heterocycles. The van der Waals surface area contributed by atoms with E-state index in [1.165, 1.54) is 12.1 Å². The zero-order valence-corrected chi connectivity index (χ0v) is 18.4. The van der Waals surface area contributed by atoms with Gasteiger partial charge in [0, 0.05) is 12.6 Å². The number of carbonyl (C=O) groups excluding carboxylic acids is 2. The summed E-state index contributed by atoms with van der Waals surface area (Å²) in [5.74, 6) is -3.56. The van der Waals surface area contributed by atoms with Crippen molar-refractivity contribution < 1.29 is 31.5 Å². The van der Waals surface area contributed by atoms with Gasteiger partial charge in [-0.25, -0.2) is 26.7 Å². The highest BCUT2D eigenvalue weighted by molar-refractivity contribution is 7.89. The zero-order chi connectivity index (χ0) is 24.0. The third kappa shape index (κ3) is 6.58. The number of hydrogen-bond donors (Lipinski definition) is 2. The molecule has 3 rings (SSSR count). The molecule has 11 heteroatoms. The van der Waals surface area contributed by atoms with E-state index in [-0.39, 0.29) is 22.0 Å². The average molecular weight is 495 g/mol. The third-order valence-electron chi connectivity index (χ3n) is 4.30. The topological polar surface area (TPSA) is 102 Å². The molecule has 7 nitrogen and oxygen atoms in total. The lowest BCUT2D eigenvalue weighted by Crippen LogP contribution is -2.24. The first kappa shape index (κ1) is 24.3. The molecular weight excluding hydrogens is 478 g/mol. The van der Waals surface area contributed by atoms with E-state index in [0.717, 1.165) is 24.3 Å². The smallest absolute Gasteiger partial charge is 0.338 e. The molecule has 0 bridgehead atoms. The first-order valence-electron chi connectivity index (χ1n) is 9.41. The number of rotatable bonds is 8. The fourth-order valence-corrected chi connectivity index (χ4v) is 4.22. The molecule has 0 aliphatic heterocycles. The fraction of sp³-hybridized carbons (Fsp3) is 0.0909. The number of halogens is 3. The Balaban J connectivity index is 1.65. The van der Waals surface area contributed by atoms with Crippen LogP contribution in [0.2, 0.25) is 5.02 Å². The second-order valence-electron chi connectivity index (χ2n) is 6.70. The summed E-state index contributed by atoms with van der Waals surface area (Å²) in [6, 6.07) is 14.7. The van der Waals surface area contributed by atoms with E-state index in [0.29, 0.717) is 5.56 Å². The zero-order valence-electron chi connectivity index (χ0n) is 16.8. The molecule has 0 unspecified atom stereocenters. The van der Waals surface area contributed by atoms with E-state index in [4.69, 9.17) is 16.3 Å². The molecule has 0 saturated carbocycles. The van der Waals surface area contributed by atoms with E-state index < -0.39 is 45.8 Å². The van der Waals surface area contributed by atoms with Crippen LogP contribution >= 0.6 is 11.6 Å². The summed E-state index contributed by atoms with van der Waals surface area (Å²) in [6.45, 7) is -0.809. The molecule has 0 aliphatic carbocycles. The summed E-state index contributed by atoms with van der Waals surface area (Å²) in [4.78, 5) is 23.9. The quantitative estimate of drug-likeness (QED) is 0.463. The number of anilines is 1. The van der Waals surface area contributed by atoms with Gasteiger partial charge in [0.1, 0.15) is 16.5 Å². The minimum absolute atomic E-state index is 0.00495. The molecule has 0 fully saturated rings. The van der Waals surface area contributed by atoms with Crippen molar-refractivity contribution in [1.29, 1.82) is 0 Å². The maximum Gasteiger partial charge on any atom is 0.338 e. The number of ether oxygens (including phenoxy) is 1. The highest BCUT2D eigenvalue weighted by Gasteiger charge is 2.21. The van der Waals surface area contributed by atoms with E-state index >= 15 is 0 Å². The molecule has 1 amide bonds. The molecule has 0 atom stereocenters. The van der Waals surface area contributed by atoms with Crippen molar-refractivity contribution in [3.63, 3.8) is 0 Å². The van der Waals surface area contributed by atoms with Gasteiger partial charge in [-0.2, -0.15) is 0 Å². The van der Waals surface area contributed by atoms with E-state index in [1.807, 2.05) is 0 Å². The number of amides is 1. The number of nitrogens with one attached hydrogen (secondary N) is 2. The molecular formula is C22H17ClF2N2O5S. The lowest BCUT2D eigenvalue weighted by atomic mass is 10.2. The average Bonchev–Trinajstić information content (AvgIpc) is 2.79. The van der Waals surface area contributed by atoms with Crippen LogP contribution in [0.4, 0.5) is 14.5 Å². The van der Waals surface area contributed by atoms with E-state index in [9.17, 15) is 26.8 Å². The first-order chi connectivity index (χ1) is 15.7. The monoisotopic (exact) mass is 494 g/mol. The summed E-state index contributed by atoms with van der Waals surface area (Å²) >= 11 is 6.01. The molecule has 0 aliphatic rings. The van der Waals surface area contributed by atoms with Gasteiger partial charge >= 0.3 is 5.97 Å². The Bertz CT molecular complexity index is 1290. The fourth-order valence-electron chi connectivity index (χ4n) is 2.68. The standard InChI is InChI=1S/C22H17ClF2N2O5S/c23-17-8-6-15(10-20(17)33(30,31)26-12-14-4-2-1-3-5-14)22(29)32-13-21(28)27-19-11-16(24)7-9-18(19)25/h1-11,26H,12-13H2,(H,27,28). The van der Waals surface area contributed by atoms with Crippen molar-refractivity contribution in [2.75, 3.05) is 11.9 Å². The normalized spacial score (nSPS) is 11.1. The van der Waals surface area contributed by atoms with Crippen molar-refractivity contribution in [1.82, 2.24) is 4.72 Å². The Hall–Kier alpha value is -3.34. The van der Waals surface area contributed by atoms with Crippen molar-refractivity contribution >= 4 is 39.2 Å². The van der Waals surface area contributed by atoms with Crippen LogP contribution < -0.4 is 10.0 Å². The summed E-state index contributed by atoms with van der Waals surface area (Å²) in [5.41, 5.74) is 0.123. The molecule has 0 heterocycles. The lowest BCUT2D eigenvalue weighted by molar-refractivity contribution is -0.119. The Kier molecular flexibility index (Phi) is 7.75. The minimum Gasteiger partial charge on any atom is -0.452 e. The maximum atomic E-state index is 13.6. The highest BCUT2D eigenvalue weighted by atomic mass is 35.5. The number of carbonyl (C=O) groups is 2. The van der Waals surface area contributed by atoms with Crippen molar-refractivity contribution in [2.24, 2.45) is 0 Å². The summed E-state index contributed by atoms with van der Waals surface area (Å²) in [7, 11) is -4.07. The van der Waals surface area contributed by atoms with Gasteiger partial charge in [-0.05, 0) is 35.9 Å². The maximum absolute atomic E-state index is 13.6. The lowest BCUT2D eigenvalue weighted by Gasteiger charge is -2.11. The van der Waals surface area contributed by atoms with Gasteiger partial charge in [-0.1, -0.05) is 41.9 Å². The molecule has 33 heavy (non-hydrogen) atoms. The summed E-state index contributed by atoms with van der Waals surface area (Å²) < 4.78 is 59.3. The second kappa shape index (κ2) is 10.5. The Morgan fingerprint density at radius 1 is 0.970 bits per heavy atom. The molecule has 172 valence electrons. The third-order valence-corrected chi connectivity index (χ3v) is 6.19. The number of sulfonamides is 1. The molecule has 0 saturated heterocycles. The first-order valence-corrected chi connectivity index (χ1v) is 11.3. The van der Waals surface area contributed by atoms with Gasteiger partial charge in [-0.15, -0.1) is 0 Å². The SMILES string of the molecule is O=C(COC(=O)c1ccc(Cl)c(S(=O)(=O)NCc2ccccc2)c1)Nc1cc(F)ccc1F. The highest BCUT2D eigenvalue weighted by Crippen LogP contribution is 2.23. The summed E-state index contributed by atoms with van der Waals surface area (Å²) in [6.07, 6.45) is 0. The van der Waals surface area contributed by atoms with Crippen LogP contribution in [-0.2, 0) is 26.1 Å². The van der Waals surface area contributed by atoms with Gasteiger partial charge in [0.2, 0.25) is 10.0 Å². The molecule has 3 aromatic rings.